The van der Waals surface area contributed by atoms with Crippen molar-refractivity contribution in [1.29, 1.82) is 0 Å². The smallest absolute Gasteiger partial charge is 0.187 e. The summed E-state index contributed by atoms with van der Waals surface area (Å²) in [6, 6.07) is 9.97. The van der Waals surface area contributed by atoms with Gasteiger partial charge in [0, 0.05) is 15.7 Å². The van der Waals surface area contributed by atoms with E-state index in [1.54, 1.807) is 24.3 Å². The van der Waals surface area contributed by atoms with Crippen molar-refractivity contribution in [3.63, 3.8) is 0 Å². The van der Waals surface area contributed by atoms with Gasteiger partial charge in [-0.15, -0.1) is 5.10 Å². The molecule has 106 valence electrons. The van der Waals surface area contributed by atoms with E-state index in [9.17, 15) is 4.39 Å². The lowest BCUT2D eigenvalue weighted by Gasteiger charge is -2.07. The average Bonchev–Trinajstić information content (AvgIpc) is 2.90. The number of anilines is 1. The Morgan fingerprint density at radius 3 is 2.62 bits per heavy atom. The minimum atomic E-state index is -0.347. The van der Waals surface area contributed by atoms with Crippen LogP contribution >= 0.6 is 31.9 Å². The Hall–Kier alpha value is -1.80. The second-order valence-electron chi connectivity index (χ2n) is 4.29. The number of nitrogen functional groups attached to an aromatic ring is 1. The van der Waals surface area contributed by atoms with Crippen molar-refractivity contribution in [1.82, 2.24) is 20.2 Å². The largest absolute Gasteiger partial charge is 0.399 e. The summed E-state index contributed by atoms with van der Waals surface area (Å²) in [6.07, 6.45) is 0. The topological polar surface area (TPSA) is 69.6 Å². The van der Waals surface area contributed by atoms with Crippen LogP contribution in [0.1, 0.15) is 0 Å². The molecule has 8 heteroatoms. The molecule has 2 aromatic carbocycles. The maximum absolute atomic E-state index is 13.3. The molecule has 0 aliphatic heterocycles. The molecule has 0 saturated carbocycles. The summed E-state index contributed by atoms with van der Waals surface area (Å²) in [7, 11) is 0. The molecule has 0 bridgehead atoms. The van der Waals surface area contributed by atoms with Crippen LogP contribution in [0, 0.1) is 5.82 Å². The van der Waals surface area contributed by atoms with E-state index in [1.807, 2.05) is 6.07 Å². The highest BCUT2D eigenvalue weighted by Gasteiger charge is 2.13. The first-order chi connectivity index (χ1) is 10.0. The molecule has 0 radical (unpaired) electrons. The predicted octanol–water partition coefficient (Wildman–Crippen LogP) is 3.58. The van der Waals surface area contributed by atoms with Gasteiger partial charge in [-0.2, -0.15) is 4.68 Å². The lowest BCUT2D eigenvalue weighted by Crippen LogP contribution is -2.01. The van der Waals surface area contributed by atoms with Crippen LogP contribution in [0.5, 0.6) is 0 Å². The van der Waals surface area contributed by atoms with Crippen molar-refractivity contribution >= 4 is 37.5 Å². The Bertz CT molecular complexity index is 798. The fourth-order valence-electron chi connectivity index (χ4n) is 1.90. The van der Waals surface area contributed by atoms with Crippen molar-refractivity contribution in [3.8, 4) is 17.1 Å². The molecule has 3 aromatic rings. The molecule has 1 aromatic heterocycles. The highest BCUT2D eigenvalue weighted by atomic mass is 79.9. The number of tetrazole rings is 1. The summed E-state index contributed by atoms with van der Waals surface area (Å²) in [5, 5.41) is 11.6. The van der Waals surface area contributed by atoms with Crippen LogP contribution < -0.4 is 5.73 Å². The van der Waals surface area contributed by atoms with E-state index in [0.717, 1.165) is 10.0 Å². The zero-order valence-corrected chi connectivity index (χ0v) is 13.6. The van der Waals surface area contributed by atoms with Crippen molar-refractivity contribution in [2.24, 2.45) is 0 Å². The predicted molar refractivity (Wildman–Crippen MR) is 84.4 cm³/mol. The van der Waals surface area contributed by atoms with E-state index in [-0.39, 0.29) is 5.82 Å². The van der Waals surface area contributed by atoms with E-state index >= 15 is 0 Å². The van der Waals surface area contributed by atoms with Gasteiger partial charge in [-0.3, -0.25) is 0 Å². The molecule has 0 fully saturated rings. The maximum Gasteiger partial charge on any atom is 0.187 e. The number of hydrogen-bond acceptors (Lipinski definition) is 4. The third-order valence-corrected chi connectivity index (χ3v) is 3.86. The first kappa shape index (κ1) is 14.2. The first-order valence-electron chi connectivity index (χ1n) is 5.85. The second kappa shape index (κ2) is 5.53. The Kier molecular flexibility index (Phi) is 3.73. The van der Waals surface area contributed by atoms with Gasteiger partial charge in [0.25, 0.3) is 0 Å². The Morgan fingerprint density at radius 2 is 1.90 bits per heavy atom. The number of aromatic nitrogens is 4. The van der Waals surface area contributed by atoms with Gasteiger partial charge in [0.1, 0.15) is 5.82 Å². The summed E-state index contributed by atoms with van der Waals surface area (Å²) in [5.74, 6) is 0.168. The van der Waals surface area contributed by atoms with E-state index in [4.69, 9.17) is 5.73 Å². The van der Waals surface area contributed by atoms with Crippen LogP contribution in [-0.4, -0.2) is 20.2 Å². The zero-order chi connectivity index (χ0) is 15.0. The summed E-state index contributed by atoms with van der Waals surface area (Å²) in [6.45, 7) is 0. The minimum Gasteiger partial charge on any atom is -0.399 e. The van der Waals surface area contributed by atoms with Crippen LogP contribution in [0.4, 0.5) is 10.1 Å². The van der Waals surface area contributed by atoms with Crippen molar-refractivity contribution < 1.29 is 4.39 Å². The van der Waals surface area contributed by atoms with Gasteiger partial charge in [-0.1, -0.05) is 15.9 Å². The van der Waals surface area contributed by atoms with E-state index in [0.29, 0.717) is 21.7 Å². The van der Waals surface area contributed by atoms with Crippen LogP contribution in [0.2, 0.25) is 0 Å². The molecule has 3 rings (SSSR count). The SMILES string of the molecule is Nc1cc(Br)cc(-c2nnnn2-c2ccc(F)c(Br)c2)c1. The van der Waals surface area contributed by atoms with Crippen LogP contribution in [0.15, 0.2) is 45.3 Å². The number of nitrogens with zero attached hydrogens (tertiary/aromatic N) is 4. The molecule has 5 nitrogen and oxygen atoms in total. The molecular formula is C13H8Br2FN5. The highest BCUT2D eigenvalue weighted by molar-refractivity contribution is 9.10. The van der Waals surface area contributed by atoms with Gasteiger partial charge in [-0.05, 0) is 62.8 Å². The molecule has 0 spiro atoms. The molecule has 21 heavy (non-hydrogen) atoms. The normalized spacial score (nSPS) is 10.8. The van der Waals surface area contributed by atoms with E-state index < -0.39 is 0 Å². The van der Waals surface area contributed by atoms with Gasteiger partial charge in [-0.25, -0.2) is 4.39 Å². The van der Waals surface area contributed by atoms with E-state index in [2.05, 4.69) is 47.4 Å². The van der Waals surface area contributed by atoms with Gasteiger partial charge in [0.05, 0.1) is 10.2 Å². The first-order valence-corrected chi connectivity index (χ1v) is 7.43. The van der Waals surface area contributed by atoms with Crippen molar-refractivity contribution in [3.05, 3.63) is 51.2 Å². The number of halogens is 3. The number of hydrogen-bond donors (Lipinski definition) is 1. The Labute approximate surface area is 136 Å². The molecule has 0 amide bonds. The fraction of sp³-hybridized carbons (Fsp3) is 0. The van der Waals surface area contributed by atoms with Gasteiger partial charge >= 0.3 is 0 Å². The standard InChI is InChI=1S/C13H8Br2FN5/c14-8-3-7(4-9(17)5-8)13-18-19-20-21(13)10-1-2-12(16)11(15)6-10/h1-6H,17H2. The van der Waals surface area contributed by atoms with Gasteiger partial charge in [0.2, 0.25) is 0 Å². The minimum absolute atomic E-state index is 0.343. The lowest BCUT2D eigenvalue weighted by atomic mass is 10.2. The third kappa shape index (κ3) is 2.81. The summed E-state index contributed by atoms with van der Waals surface area (Å²) < 4.78 is 16.0. The third-order valence-electron chi connectivity index (χ3n) is 2.80. The number of benzene rings is 2. The van der Waals surface area contributed by atoms with E-state index in [1.165, 1.54) is 10.7 Å². The molecule has 0 aliphatic rings. The number of rotatable bonds is 2. The fourth-order valence-corrected chi connectivity index (χ4v) is 2.78. The molecule has 0 atom stereocenters. The zero-order valence-electron chi connectivity index (χ0n) is 10.5. The number of nitrogens with two attached hydrogens (primary N) is 1. The summed E-state index contributed by atoms with van der Waals surface area (Å²) >= 11 is 6.54. The highest BCUT2D eigenvalue weighted by Crippen LogP contribution is 2.27. The Morgan fingerprint density at radius 1 is 1.10 bits per heavy atom. The maximum atomic E-state index is 13.3. The molecule has 0 unspecified atom stereocenters. The van der Waals surface area contributed by atoms with Crippen LogP contribution in [0.25, 0.3) is 17.1 Å². The monoisotopic (exact) mass is 411 g/mol. The van der Waals surface area contributed by atoms with Crippen LogP contribution in [-0.2, 0) is 0 Å². The van der Waals surface area contributed by atoms with Crippen molar-refractivity contribution in [2.45, 2.75) is 0 Å². The molecule has 1 heterocycles. The average molecular weight is 413 g/mol. The quantitative estimate of drug-likeness (QED) is 0.653. The summed E-state index contributed by atoms with van der Waals surface area (Å²) in [5.41, 5.74) is 7.82. The van der Waals surface area contributed by atoms with Crippen LogP contribution in [0.3, 0.4) is 0 Å². The molecule has 0 aliphatic carbocycles. The van der Waals surface area contributed by atoms with Crippen molar-refractivity contribution in [2.75, 3.05) is 5.73 Å². The molecule has 0 saturated heterocycles. The van der Waals surface area contributed by atoms with Gasteiger partial charge < -0.3 is 5.73 Å². The Balaban J connectivity index is 2.14. The molecule has 2 N–H and O–H groups in total. The lowest BCUT2D eigenvalue weighted by molar-refractivity contribution is 0.620. The second-order valence-corrected chi connectivity index (χ2v) is 6.06. The molecular weight excluding hydrogens is 405 g/mol. The summed E-state index contributed by atoms with van der Waals surface area (Å²) in [4.78, 5) is 0. The van der Waals surface area contributed by atoms with Gasteiger partial charge in [0.15, 0.2) is 5.82 Å².